The van der Waals surface area contributed by atoms with E-state index in [4.69, 9.17) is 22.1 Å². The van der Waals surface area contributed by atoms with E-state index in [1.54, 1.807) is 18.2 Å². The normalized spacial score (nSPS) is 17.4. The molecule has 0 radical (unpaired) electrons. The van der Waals surface area contributed by atoms with Gasteiger partial charge in [-0.2, -0.15) is 8.78 Å². The summed E-state index contributed by atoms with van der Waals surface area (Å²) in [5, 5.41) is 1.98. The molecule has 1 aliphatic carbocycles. The van der Waals surface area contributed by atoms with Gasteiger partial charge in [-0.25, -0.2) is 4.72 Å². The van der Waals surface area contributed by atoms with Crippen molar-refractivity contribution in [3.05, 3.63) is 82.7 Å². The Hall–Kier alpha value is -2.69. The van der Waals surface area contributed by atoms with Gasteiger partial charge in [0.15, 0.2) is 6.04 Å². The lowest BCUT2D eigenvalue weighted by molar-refractivity contribution is -0.145. The Balaban J connectivity index is 1.21. The number of ether oxygens (including phenoxy) is 1. The highest BCUT2D eigenvalue weighted by molar-refractivity contribution is 7.97. The summed E-state index contributed by atoms with van der Waals surface area (Å²) in [6.07, 6.45) is 6.03. The Labute approximate surface area is 263 Å². The highest BCUT2D eigenvalue weighted by Crippen LogP contribution is 2.38. The zero-order valence-corrected chi connectivity index (χ0v) is 26.0. The maximum atomic E-state index is 16.2. The largest absolute Gasteiger partial charge is 0.490 e. The number of alkyl halides is 2. The Kier molecular flexibility index (Phi) is 9.26. The number of nitrogens with two attached hydrogens (primary N) is 1. The zero-order valence-electron chi connectivity index (χ0n) is 23.6. The molecule has 10 heteroatoms. The molecule has 2 heterocycles. The minimum absolute atomic E-state index is 0.0228. The van der Waals surface area contributed by atoms with Crippen LogP contribution in [0, 0.1) is 0 Å². The molecule has 4 aromatic rings. The molecular weight excluding hydrogens is 608 g/mol. The summed E-state index contributed by atoms with van der Waals surface area (Å²) >= 11 is 8.49. The average molecular weight is 642 g/mol. The lowest BCUT2D eigenvalue weighted by Gasteiger charge is -2.35. The van der Waals surface area contributed by atoms with Gasteiger partial charge in [-0.05, 0) is 103 Å². The van der Waals surface area contributed by atoms with Crippen molar-refractivity contribution < 1.29 is 18.3 Å². The van der Waals surface area contributed by atoms with Crippen LogP contribution in [-0.2, 0) is 10.7 Å². The summed E-state index contributed by atoms with van der Waals surface area (Å²) < 4.78 is 42.1. The number of halogens is 3. The molecule has 1 unspecified atom stereocenters. The second-order valence-corrected chi connectivity index (χ2v) is 13.9. The van der Waals surface area contributed by atoms with E-state index in [1.165, 1.54) is 41.2 Å². The van der Waals surface area contributed by atoms with E-state index in [2.05, 4.69) is 4.72 Å². The summed E-state index contributed by atoms with van der Waals surface area (Å²) in [6, 6.07) is 19.7. The Morgan fingerprint density at radius 2 is 1.67 bits per heavy atom. The minimum atomic E-state index is -3.47. The van der Waals surface area contributed by atoms with Gasteiger partial charge in [-0.3, -0.25) is 4.79 Å². The summed E-state index contributed by atoms with van der Waals surface area (Å²) in [5.74, 6) is -3.26. The fourth-order valence-electron chi connectivity index (χ4n) is 5.74. The number of rotatable bonds is 9. The Bertz CT molecular complexity index is 1570. The number of hydrogen-bond donors (Lipinski definition) is 2. The molecule has 2 aliphatic rings. The maximum absolute atomic E-state index is 16.2. The summed E-state index contributed by atoms with van der Waals surface area (Å²) in [7, 11) is 0. The number of nitrogens with one attached hydrogen (secondary N) is 1. The molecule has 3 aromatic carbocycles. The van der Waals surface area contributed by atoms with Gasteiger partial charge in [0, 0.05) is 34.5 Å². The highest BCUT2D eigenvalue weighted by Gasteiger charge is 2.48. The van der Waals surface area contributed by atoms with Crippen LogP contribution >= 0.6 is 34.9 Å². The third-order valence-electron chi connectivity index (χ3n) is 8.27. The molecule has 1 aromatic heterocycles. The maximum Gasteiger partial charge on any atom is 0.298 e. The number of hydrogen-bond acceptors (Lipinski definition) is 6. The van der Waals surface area contributed by atoms with Crippen LogP contribution in [0.25, 0.3) is 21.2 Å². The standard InChI is InChI=1S/C33H34ClF2N3O2S2/c34-30-14-13-29(42-30)21-5-9-24(10-6-21)33(35,36)31(32(40)39-17-15-25(37)16-18-39)38-43-28-12-8-22-19-27(11-7-23(22)20-28)41-26-3-1-2-4-26/h5-14,19-20,25-26,31,38H,1-4,15-18,37H2. The van der Waals surface area contributed by atoms with Gasteiger partial charge in [-0.1, -0.05) is 48.0 Å². The molecule has 6 rings (SSSR count). The van der Waals surface area contributed by atoms with Gasteiger partial charge in [0.05, 0.1) is 10.4 Å². The van der Waals surface area contributed by atoms with Crippen molar-refractivity contribution in [3.63, 3.8) is 0 Å². The van der Waals surface area contributed by atoms with Crippen LogP contribution in [0.1, 0.15) is 44.1 Å². The van der Waals surface area contributed by atoms with Crippen LogP contribution in [0.4, 0.5) is 8.78 Å². The monoisotopic (exact) mass is 641 g/mol. The molecule has 1 saturated carbocycles. The quantitative estimate of drug-likeness (QED) is 0.180. The lowest BCUT2D eigenvalue weighted by atomic mass is 9.97. The van der Waals surface area contributed by atoms with Crippen molar-refractivity contribution in [1.82, 2.24) is 9.62 Å². The second kappa shape index (κ2) is 13.1. The summed E-state index contributed by atoms with van der Waals surface area (Å²) in [5.41, 5.74) is 6.58. The number of nitrogens with zero attached hydrogens (tertiary/aromatic N) is 1. The summed E-state index contributed by atoms with van der Waals surface area (Å²) in [6.45, 7) is 0.719. The third kappa shape index (κ3) is 7.02. The first kappa shape index (κ1) is 30.3. The van der Waals surface area contributed by atoms with E-state index >= 15 is 8.78 Å². The molecule has 1 saturated heterocycles. The van der Waals surface area contributed by atoms with Gasteiger partial charge >= 0.3 is 0 Å². The van der Waals surface area contributed by atoms with Crippen molar-refractivity contribution >= 4 is 51.6 Å². The number of thiophene rings is 1. The van der Waals surface area contributed by atoms with Crippen LogP contribution in [0.3, 0.4) is 0 Å². The number of carbonyl (C=O) groups is 1. The first-order valence-corrected chi connectivity index (χ1v) is 16.7. The van der Waals surface area contributed by atoms with Gasteiger partial charge in [0.2, 0.25) is 5.91 Å². The van der Waals surface area contributed by atoms with Crippen LogP contribution in [0.2, 0.25) is 4.34 Å². The Morgan fingerprint density at radius 1 is 0.977 bits per heavy atom. The zero-order chi connectivity index (χ0) is 30.0. The highest BCUT2D eigenvalue weighted by atomic mass is 35.5. The van der Waals surface area contributed by atoms with Crippen molar-refractivity contribution in [2.24, 2.45) is 5.73 Å². The fourth-order valence-corrected chi connectivity index (χ4v) is 7.61. The van der Waals surface area contributed by atoms with Crippen LogP contribution in [0.15, 0.2) is 77.7 Å². The van der Waals surface area contributed by atoms with Crippen molar-refractivity contribution in [2.75, 3.05) is 13.1 Å². The lowest BCUT2D eigenvalue weighted by Crippen LogP contribution is -2.55. The average Bonchev–Trinajstić information content (AvgIpc) is 3.69. The van der Waals surface area contributed by atoms with Gasteiger partial charge < -0.3 is 15.4 Å². The first-order chi connectivity index (χ1) is 20.8. The SMILES string of the molecule is NC1CCN(C(=O)C(NSc2ccc3cc(OC4CCCC4)ccc3c2)C(F)(F)c2ccc(-c3ccc(Cl)s3)cc2)CC1. The minimum Gasteiger partial charge on any atom is -0.490 e. The molecule has 226 valence electrons. The predicted molar refractivity (Wildman–Crippen MR) is 172 cm³/mol. The molecule has 1 amide bonds. The fraction of sp³-hybridized carbons (Fsp3) is 0.364. The smallest absolute Gasteiger partial charge is 0.298 e. The molecular formula is C33H34ClF2N3O2S2. The Morgan fingerprint density at radius 3 is 2.37 bits per heavy atom. The van der Waals surface area contributed by atoms with Crippen LogP contribution in [-0.4, -0.2) is 42.1 Å². The van der Waals surface area contributed by atoms with Gasteiger partial charge in [0.25, 0.3) is 5.92 Å². The van der Waals surface area contributed by atoms with E-state index in [-0.39, 0.29) is 17.7 Å². The van der Waals surface area contributed by atoms with Crippen LogP contribution < -0.4 is 15.2 Å². The van der Waals surface area contributed by atoms with Crippen molar-refractivity contribution in [2.45, 2.75) is 67.5 Å². The third-order valence-corrected chi connectivity index (χ3v) is 10.4. The molecule has 2 fully saturated rings. The molecule has 43 heavy (non-hydrogen) atoms. The predicted octanol–water partition coefficient (Wildman–Crippen LogP) is 8.25. The van der Waals surface area contributed by atoms with E-state index in [1.807, 2.05) is 42.5 Å². The van der Waals surface area contributed by atoms with E-state index in [9.17, 15) is 4.79 Å². The number of likely N-dealkylation sites (tertiary alicyclic amines) is 1. The summed E-state index contributed by atoms with van der Waals surface area (Å²) in [4.78, 5) is 16.8. The van der Waals surface area contributed by atoms with Crippen molar-refractivity contribution in [1.29, 1.82) is 0 Å². The van der Waals surface area contributed by atoms with Gasteiger partial charge in [-0.15, -0.1) is 11.3 Å². The molecule has 3 N–H and O–H groups in total. The number of piperidine rings is 1. The molecule has 1 aliphatic heterocycles. The van der Waals surface area contributed by atoms with Crippen LogP contribution in [0.5, 0.6) is 5.75 Å². The number of amides is 1. The number of carbonyl (C=O) groups excluding carboxylic acids is 1. The van der Waals surface area contributed by atoms with E-state index < -0.39 is 17.9 Å². The number of benzene rings is 3. The number of fused-ring (bicyclic) bond motifs is 1. The topological polar surface area (TPSA) is 67.6 Å². The molecule has 0 spiro atoms. The van der Waals surface area contributed by atoms with E-state index in [0.29, 0.717) is 30.3 Å². The van der Waals surface area contributed by atoms with Crippen molar-refractivity contribution in [3.8, 4) is 16.2 Å². The van der Waals surface area contributed by atoms with Gasteiger partial charge in [0.1, 0.15) is 5.75 Å². The second-order valence-electron chi connectivity index (χ2n) is 11.3. The van der Waals surface area contributed by atoms with E-state index in [0.717, 1.165) is 56.6 Å². The molecule has 0 bridgehead atoms. The molecule has 1 atom stereocenters. The first-order valence-electron chi connectivity index (χ1n) is 14.7. The molecule has 5 nitrogen and oxygen atoms in total.